The van der Waals surface area contributed by atoms with Crippen molar-refractivity contribution >= 4 is 5.91 Å². The number of aliphatic hydroxyl groups is 1. The largest absolute Gasteiger partial charge is 0.392 e. The van der Waals surface area contributed by atoms with Gasteiger partial charge in [-0.1, -0.05) is 0 Å². The van der Waals surface area contributed by atoms with E-state index in [0.717, 1.165) is 45.2 Å². The van der Waals surface area contributed by atoms with Crippen LogP contribution in [0.25, 0.3) is 0 Å². The summed E-state index contributed by atoms with van der Waals surface area (Å²) in [6.07, 6.45) is 6.12. The number of likely N-dealkylation sites (tertiary alicyclic amines) is 2. The minimum atomic E-state index is -0.228. The topological polar surface area (TPSA) is 53.0 Å². The number of rotatable bonds is 4. The summed E-state index contributed by atoms with van der Waals surface area (Å²) >= 11 is 0. The number of carbonyl (C=O) groups is 1. The lowest BCUT2D eigenvalue weighted by Gasteiger charge is -2.56. The molecule has 24 heavy (non-hydrogen) atoms. The van der Waals surface area contributed by atoms with Crippen molar-refractivity contribution in [3.8, 4) is 0 Å². The van der Waals surface area contributed by atoms with Crippen LogP contribution in [0, 0.1) is 5.41 Å². The summed E-state index contributed by atoms with van der Waals surface area (Å²) < 4.78 is 5.83. The second kappa shape index (κ2) is 7.30. The molecule has 5 heteroatoms. The number of carbonyl (C=O) groups excluding carboxylic acids is 1. The number of nitrogens with zero attached hydrogens (tertiary/aromatic N) is 2. The lowest BCUT2D eigenvalue weighted by Crippen LogP contribution is -2.63. The molecule has 1 amide bonds. The van der Waals surface area contributed by atoms with Crippen molar-refractivity contribution in [1.82, 2.24) is 9.80 Å². The molecule has 2 aliphatic heterocycles. The van der Waals surface area contributed by atoms with Crippen molar-refractivity contribution in [3.63, 3.8) is 0 Å². The van der Waals surface area contributed by atoms with Crippen LogP contribution in [-0.4, -0.2) is 71.3 Å². The first-order valence-corrected chi connectivity index (χ1v) is 9.81. The number of aliphatic hydroxyl groups excluding tert-OH is 1. The fourth-order valence-electron chi connectivity index (χ4n) is 5.13. The van der Waals surface area contributed by atoms with Crippen LogP contribution in [0.3, 0.4) is 0 Å². The Morgan fingerprint density at radius 1 is 1.21 bits per heavy atom. The van der Waals surface area contributed by atoms with E-state index in [0.29, 0.717) is 25.2 Å². The van der Waals surface area contributed by atoms with E-state index in [1.54, 1.807) is 0 Å². The molecule has 1 aliphatic carbocycles. The van der Waals surface area contributed by atoms with Gasteiger partial charge in [-0.25, -0.2) is 0 Å². The molecule has 4 atom stereocenters. The Morgan fingerprint density at radius 3 is 2.38 bits per heavy atom. The normalized spacial score (nSPS) is 36.6. The van der Waals surface area contributed by atoms with Crippen molar-refractivity contribution in [2.24, 2.45) is 5.41 Å². The molecule has 0 aromatic heterocycles. The smallest absolute Gasteiger partial charge is 0.237 e. The molecule has 3 rings (SSSR count). The van der Waals surface area contributed by atoms with Gasteiger partial charge in [0.05, 0.1) is 18.8 Å². The Labute approximate surface area is 146 Å². The number of ether oxygens (including phenoxy) is 1. The molecule has 1 spiro atoms. The lowest BCUT2D eigenvalue weighted by atomic mass is 9.58. The molecule has 0 aromatic carbocycles. The van der Waals surface area contributed by atoms with Crippen molar-refractivity contribution in [1.29, 1.82) is 0 Å². The van der Waals surface area contributed by atoms with Crippen LogP contribution in [0.5, 0.6) is 0 Å². The minimum Gasteiger partial charge on any atom is -0.392 e. The van der Waals surface area contributed by atoms with E-state index in [-0.39, 0.29) is 23.5 Å². The SMILES string of the molecule is CCO[C@@H]1C[C@H](O)C12CCN(CC(=O)N1[C@H](C)CCC[C@H]1C)CC2. The highest BCUT2D eigenvalue weighted by atomic mass is 16.5. The third-order valence-corrected chi connectivity index (χ3v) is 6.74. The van der Waals surface area contributed by atoms with E-state index < -0.39 is 0 Å². The van der Waals surface area contributed by atoms with Gasteiger partial charge < -0.3 is 14.7 Å². The first-order valence-electron chi connectivity index (χ1n) is 9.81. The minimum absolute atomic E-state index is 0.0543. The zero-order chi connectivity index (χ0) is 17.3. The van der Waals surface area contributed by atoms with Gasteiger partial charge in [0.25, 0.3) is 0 Å². The highest BCUT2D eigenvalue weighted by Crippen LogP contribution is 2.50. The summed E-state index contributed by atoms with van der Waals surface area (Å²) in [5.74, 6) is 0.279. The molecule has 3 fully saturated rings. The number of piperidine rings is 2. The van der Waals surface area contributed by atoms with Crippen molar-refractivity contribution in [2.75, 3.05) is 26.2 Å². The lowest BCUT2D eigenvalue weighted by molar-refractivity contribution is -0.209. The average molecular weight is 338 g/mol. The summed E-state index contributed by atoms with van der Waals surface area (Å²) in [4.78, 5) is 17.2. The van der Waals surface area contributed by atoms with Gasteiger partial charge in [-0.3, -0.25) is 9.69 Å². The third kappa shape index (κ3) is 3.23. The maximum Gasteiger partial charge on any atom is 0.237 e. The molecule has 2 heterocycles. The maximum atomic E-state index is 12.8. The molecule has 138 valence electrons. The van der Waals surface area contributed by atoms with Crippen LogP contribution in [-0.2, 0) is 9.53 Å². The molecule has 0 bridgehead atoms. The van der Waals surface area contributed by atoms with Gasteiger partial charge in [-0.15, -0.1) is 0 Å². The Morgan fingerprint density at radius 2 is 1.83 bits per heavy atom. The van der Waals surface area contributed by atoms with E-state index in [9.17, 15) is 9.90 Å². The fourth-order valence-corrected chi connectivity index (χ4v) is 5.13. The van der Waals surface area contributed by atoms with Crippen molar-refractivity contribution in [2.45, 2.75) is 83.6 Å². The van der Waals surface area contributed by atoms with E-state index in [4.69, 9.17) is 4.74 Å². The van der Waals surface area contributed by atoms with Gasteiger partial charge in [0, 0.05) is 30.5 Å². The maximum absolute atomic E-state index is 12.8. The summed E-state index contributed by atoms with van der Waals surface area (Å²) in [5, 5.41) is 10.3. The summed E-state index contributed by atoms with van der Waals surface area (Å²) in [6.45, 7) is 9.40. The highest BCUT2D eigenvalue weighted by Gasteiger charge is 2.56. The van der Waals surface area contributed by atoms with Gasteiger partial charge in [-0.2, -0.15) is 0 Å². The second-order valence-corrected chi connectivity index (χ2v) is 8.13. The Balaban J connectivity index is 1.53. The molecule has 0 radical (unpaired) electrons. The van der Waals surface area contributed by atoms with E-state index in [1.807, 2.05) is 6.92 Å². The van der Waals surface area contributed by atoms with Gasteiger partial charge in [-0.05, 0) is 66.0 Å². The molecule has 0 unspecified atom stereocenters. The van der Waals surface area contributed by atoms with Crippen LogP contribution in [0.1, 0.15) is 59.3 Å². The number of hydrogen-bond donors (Lipinski definition) is 1. The fraction of sp³-hybridized carbons (Fsp3) is 0.947. The van der Waals surface area contributed by atoms with Crippen LogP contribution in [0.15, 0.2) is 0 Å². The molecule has 5 nitrogen and oxygen atoms in total. The molecular weight excluding hydrogens is 304 g/mol. The number of amides is 1. The van der Waals surface area contributed by atoms with Crippen LogP contribution >= 0.6 is 0 Å². The first-order chi connectivity index (χ1) is 11.5. The zero-order valence-electron chi connectivity index (χ0n) is 15.5. The molecule has 2 saturated heterocycles. The molecule has 0 aromatic rings. The first kappa shape index (κ1) is 18.2. The van der Waals surface area contributed by atoms with Gasteiger partial charge in [0.15, 0.2) is 0 Å². The average Bonchev–Trinajstić information content (AvgIpc) is 2.55. The summed E-state index contributed by atoms with van der Waals surface area (Å²) in [6, 6.07) is 0.737. The van der Waals surface area contributed by atoms with Gasteiger partial charge in [0.1, 0.15) is 0 Å². The Kier molecular flexibility index (Phi) is 5.52. The summed E-state index contributed by atoms with van der Waals surface area (Å²) in [7, 11) is 0. The van der Waals surface area contributed by atoms with E-state index in [2.05, 4.69) is 23.6 Å². The summed E-state index contributed by atoms with van der Waals surface area (Å²) in [5.41, 5.74) is -0.0543. The Hall–Kier alpha value is -0.650. The monoisotopic (exact) mass is 338 g/mol. The van der Waals surface area contributed by atoms with E-state index >= 15 is 0 Å². The van der Waals surface area contributed by atoms with Gasteiger partial charge >= 0.3 is 0 Å². The van der Waals surface area contributed by atoms with Crippen LogP contribution < -0.4 is 0 Å². The third-order valence-electron chi connectivity index (χ3n) is 6.74. The second-order valence-electron chi connectivity index (χ2n) is 8.13. The number of hydrogen-bond acceptors (Lipinski definition) is 4. The van der Waals surface area contributed by atoms with Crippen LogP contribution in [0.4, 0.5) is 0 Å². The van der Waals surface area contributed by atoms with Crippen molar-refractivity contribution in [3.05, 3.63) is 0 Å². The highest BCUT2D eigenvalue weighted by molar-refractivity contribution is 5.79. The molecule has 1 N–H and O–H groups in total. The van der Waals surface area contributed by atoms with E-state index in [1.165, 1.54) is 6.42 Å². The molecular formula is C19H34N2O3. The predicted octanol–water partition coefficient (Wildman–Crippen LogP) is 2.03. The zero-order valence-corrected chi connectivity index (χ0v) is 15.5. The van der Waals surface area contributed by atoms with Gasteiger partial charge in [0.2, 0.25) is 5.91 Å². The standard InChI is InChI=1S/C19H34N2O3/c1-4-24-17-12-16(22)19(17)8-10-20(11-9-19)13-18(23)21-14(2)6-5-7-15(21)3/h14-17,22H,4-13H2,1-3H3/t14-,15-,16+,17-/m1/s1. The van der Waals surface area contributed by atoms with Crippen LogP contribution in [0.2, 0.25) is 0 Å². The molecule has 1 saturated carbocycles. The predicted molar refractivity (Wildman–Crippen MR) is 93.8 cm³/mol. The van der Waals surface area contributed by atoms with Crippen molar-refractivity contribution < 1.29 is 14.6 Å². The Bertz CT molecular complexity index is 436. The quantitative estimate of drug-likeness (QED) is 0.852. The molecule has 3 aliphatic rings.